The molecule has 0 aliphatic carbocycles. The Morgan fingerprint density at radius 2 is 1.04 bits per heavy atom. The van der Waals surface area contributed by atoms with Crippen LogP contribution in [0.15, 0.2) is 0 Å². The standard InChI is InChI=1S/C39H74N2O6/c1-5-7-9-11-13-15-17-19-21-23-37(44)46-33-39(34-47-38(45)24-22-20-18-16-14-12-10-8-6-2)26-29-41(30-27-39)36(43)25-28-40(31-32-42)35(3)4/h35,42H,5-34H2,1-4H3. The van der Waals surface area contributed by atoms with E-state index in [-0.39, 0.29) is 43.7 Å². The predicted molar refractivity (Wildman–Crippen MR) is 192 cm³/mol. The summed E-state index contributed by atoms with van der Waals surface area (Å²) < 4.78 is 11.6. The zero-order valence-electron chi connectivity index (χ0n) is 31.2. The van der Waals surface area contributed by atoms with Crippen LogP contribution >= 0.6 is 0 Å². The number of likely N-dealkylation sites (tertiary alicyclic amines) is 1. The van der Waals surface area contributed by atoms with Gasteiger partial charge in [0, 0.05) is 56.9 Å². The van der Waals surface area contributed by atoms with E-state index in [2.05, 4.69) is 32.6 Å². The minimum Gasteiger partial charge on any atom is -0.465 e. The van der Waals surface area contributed by atoms with Gasteiger partial charge in [-0.05, 0) is 39.5 Å². The first kappa shape index (κ1) is 43.4. The summed E-state index contributed by atoms with van der Waals surface area (Å²) in [6.07, 6.45) is 24.1. The average molecular weight is 667 g/mol. The highest BCUT2D eigenvalue weighted by Crippen LogP contribution is 2.33. The first-order valence-corrected chi connectivity index (χ1v) is 19.7. The van der Waals surface area contributed by atoms with Gasteiger partial charge in [0.25, 0.3) is 0 Å². The fourth-order valence-corrected chi connectivity index (χ4v) is 6.49. The van der Waals surface area contributed by atoms with E-state index in [9.17, 15) is 19.5 Å². The molecular formula is C39H74N2O6. The van der Waals surface area contributed by atoms with Crippen LogP contribution in [0.3, 0.4) is 0 Å². The van der Waals surface area contributed by atoms with E-state index in [1.54, 1.807) is 0 Å². The lowest BCUT2D eigenvalue weighted by Crippen LogP contribution is -2.48. The Hall–Kier alpha value is -1.67. The van der Waals surface area contributed by atoms with Gasteiger partial charge in [0.1, 0.15) is 13.2 Å². The third-order valence-corrected chi connectivity index (χ3v) is 9.95. The van der Waals surface area contributed by atoms with Crippen molar-refractivity contribution in [3.63, 3.8) is 0 Å². The number of unbranched alkanes of at least 4 members (excludes halogenated alkanes) is 16. The van der Waals surface area contributed by atoms with Gasteiger partial charge in [-0.2, -0.15) is 0 Å². The summed E-state index contributed by atoms with van der Waals surface area (Å²) in [5.74, 6) is -0.249. The molecule has 0 atom stereocenters. The number of amides is 1. The van der Waals surface area contributed by atoms with Crippen LogP contribution in [-0.2, 0) is 23.9 Å². The molecule has 0 saturated carbocycles. The lowest BCUT2D eigenvalue weighted by molar-refractivity contribution is -0.158. The smallest absolute Gasteiger partial charge is 0.305 e. The number of hydrogen-bond donors (Lipinski definition) is 1. The number of aliphatic hydroxyl groups is 1. The fraction of sp³-hybridized carbons (Fsp3) is 0.923. The molecule has 0 bridgehead atoms. The van der Waals surface area contributed by atoms with Crippen LogP contribution in [-0.4, -0.2) is 84.8 Å². The quantitative estimate of drug-likeness (QED) is 0.0606. The molecular weight excluding hydrogens is 592 g/mol. The van der Waals surface area contributed by atoms with Crippen LogP contribution in [0, 0.1) is 5.41 Å². The average Bonchev–Trinajstić information content (AvgIpc) is 3.07. The third-order valence-electron chi connectivity index (χ3n) is 9.95. The number of esters is 2. The molecule has 1 heterocycles. The van der Waals surface area contributed by atoms with Crippen molar-refractivity contribution in [2.24, 2.45) is 5.41 Å². The van der Waals surface area contributed by atoms with Gasteiger partial charge in [-0.3, -0.25) is 19.3 Å². The maximum atomic E-state index is 13.1. The lowest BCUT2D eigenvalue weighted by atomic mass is 9.79. The van der Waals surface area contributed by atoms with Gasteiger partial charge in [-0.1, -0.05) is 117 Å². The lowest BCUT2D eigenvalue weighted by Gasteiger charge is -2.41. The van der Waals surface area contributed by atoms with Crippen molar-refractivity contribution >= 4 is 17.8 Å². The van der Waals surface area contributed by atoms with E-state index in [1.807, 2.05) is 4.90 Å². The highest BCUT2D eigenvalue weighted by Gasteiger charge is 2.38. The number of aliphatic hydroxyl groups excluding tert-OH is 1. The number of ether oxygens (including phenoxy) is 2. The van der Waals surface area contributed by atoms with E-state index in [4.69, 9.17) is 9.47 Å². The Morgan fingerprint density at radius 1 is 0.638 bits per heavy atom. The Kier molecular flexibility index (Phi) is 26.0. The van der Waals surface area contributed by atoms with Crippen LogP contribution in [0.5, 0.6) is 0 Å². The van der Waals surface area contributed by atoms with Crippen molar-refractivity contribution in [3.8, 4) is 0 Å². The van der Waals surface area contributed by atoms with E-state index in [0.29, 0.717) is 58.3 Å². The van der Waals surface area contributed by atoms with E-state index in [1.165, 1.54) is 77.0 Å². The largest absolute Gasteiger partial charge is 0.465 e. The molecule has 0 spiro atoms. The van der Waals surface area contributed by atoms with Crippen LogP contribution in [0.1, 0.15) is 175 Å². The zero-order chi connectivity index (χ0) is 34.6. The molecule has 1 aliphatic heterocycles. The van der Waals surface area contributed by atoms with Gasteiger partial charge in [0.15, 0.2) is 0 Å². The summed E-state index contributed by atoms with van der Waals surface area (Å²) in [7, 11) is 0. The second kappa shape index (κ2) is 28.2. The number of nitrogens with zero attached hydrogens (tertiary/aromatic N) is 2. The molecule has 47 heavy (non-hydrogen) atoms. The van der Waals surface area contributed by atoms with Crippen molar-refractivity contribution in [3.05, 3.63) is 0 Å². The fourth-order valence-electron chi connectivity index (χ4n) is 6.49. The second-order valence-electron chi connectivity index (χ2n) is 14.5. The number of carbonyl (C=O) groups excluding carboxylic acids is 3. The molecule has 1 rings (SSSR count). The minimum atomic E-state index is -0.458. The SMILES string of the molecule is CCCCCCCCCCCC(=O)OCC1(COC(=O)CCCCCCCCCCC)CCN(C(=O)CCN(CCO)C(C)C)CC1. The van der Waals surface area contributed by atoms with Gasteiger partial charge >= 0.3 is 11.9 Å². The van der Waals surface area contributed by atoms with Crippen molar-refractivity contribution < 1.29 is 29.0 Å². The highest BCUT2D eigenvalue weighted by atomic mass is 16.5. The molecule has 1 aliphatic rings. The minimum absolute atomic E-state index is 0.0777. The molecule has 8 heteroatoms. The summed E-state index contributed by atoms with van der Waals surface area (Å²) in [6.45, 7) is 11.5. The Balaban J connectivity index is 2.53. The first-order chi connectivity index (χ1) is 22.8. The van der Waals surface area contributed by atoms with Crippen molar-refractivity contribution in [1.29, 1.82) is 0 Å². The van der Waals surface area contributed by atoms with Gasteiger partial charge in [-0.15, -0.1) is 0 Å². The van der Waals surface area contributed by atoms with Crippen LogP contribution < -0.4 is 0 Å². The summed E-state index contributed by atoms with van der Waals surface area (Å²) in [4.78, 5) is 42.4. The summed E-state index contributed by atoms with van der Waals surface area (Å²) in [5.41, 5.74) is -0.458. The Morgan fingerprint density at radius 3 is 1.43 bits per heavy atom. The van der Waals surface area contributed by atoms with Crippen LogP contribution in [0.4, 0.5) is 0 Å². The van der Waals surface area contributed by atoms with Gasteiger partial charge in [0.05, 0.1) is 6.61 Å². The molecule has 0 aromatic carbocycles. The zero-order valence-corrected chi connectivity index (χ0v) is 31.2. The van der Waals surface area contributed by atoms with Crippen molar-refractivity contribution in [2.75, 3.05) is 46.0 Å². The predicted octanol–water partition coefficient (Wildman–Crippen LogP) is 8.62. The first-order valence-electron chi connectivity index (χ1n) is 19.7. The van der Waals surface area contributed by atoms with Crippen LogP contribution in [0.25, 0.3) is 0 Å². The van der Waals surface area contributed by atoms with E-state index in [0.717, 1.165) is 38.5 Å². The maximum absolute atomic E-state index is 13.1. The van der Waals surface area contributed by atoms with Crippen molar-refractivity contribution in [1.82, 2.24) is 9.80 Å². The maximum Gasteiger partial charge on any atom is 0.305 e. The second-order valence-corrected chi connectivity index (χ2v) is 14.5. The summed E-state index contributed by atoms with van der Waals surface area (Å²) >= 11 is 0. The molecule has 1 saturated heterocycles. The Bertz CT molecular complexity index is 756. The molecule has 1 N–H and O–H groups in total. The van der Waals surface area contributed by atoms with Crippen LogP contribution in [0.2, 0.25) is 0 Å². The molecule has 0 radical (unpaired) electrons. The highest BCUT2D eigenvalue weighted by molar-refractivity contribution is 5.76. The normalized spacial score (nSPS) is 14.6. The molecule has 1 fully saturated rings. The molecule has 0 unspecified atom stereocenters. The van der Waals surface area contributed by atoms with Gasteiger partial charge in [0.2, 0.25) is 5.91 Å². The monoisotopic (exact) mass is 667 g/mol. The van der Waals surface area contributed by atoms with Gasteiger partial charge < -0.3 is 19.5 Å². The summed E-state index contributed by atoms with van der Waals surface area (Å²) in [6, 6.07) is 0.263. The molecule has 1 amide bonds. The number of rotatable bonds is 30. The molecule has 0 aromatic rings. The van der Waals surface area contributed by atoms with Gasteiger partial charge in [-0.25, -0.2) is 0 Å². The molecule has 276 valence electrons. The van der Waals surface area contributed by atoms with E-state index >= 15 is 0 Å². The topological polar surface area (TPSA) is 96.4 Å². The molecule has 8 nitrogen and oxygen atoms in total. The van der Waals surface area contributed by atoms with E-state index < -0.39 is 5.41 Å². The third kappa shape index (κ3) is 21.8. The number of carbonyl (C=O) groups is 3. The molecule has 0 aromatic heterocycles. The Labute approximate surface area is 289 Å². The van der Waals surface area contributed by atoms with Crippen molar-refractivity contribution in [2.45, 2.75) is 181 Å². The number of hydrogen-bond acceptors (Lipinski definition) is 7. The summed E-state index contributed by atoms with van der Waals surface area (Å²) in [5, 5.41) is 9.36. The number of piperidine rings is 1.